The quantitative estimate of drug-likeness (QED) is 0.489. The van der Waals surface area contributed by atoms with E-state index in [4.69, 9.17) is 0 Å². The fourth-order valence-corrected chi connectivity index (χ4v) is 1.77. The van der Waals surface area contributed by atoms with Crippen molar-refractivity contribution < 1.29 is 33.3 Å². The van der Waals surface area contributed by atoms with E-state index in [9.17, 15) is 4.79 Å². The topological polar surface area (TPSA) is 29.1 Å². The van der Waals surface area contributed by atoms with Gasteiger partial charge in [-0.1, -0.05) is 13.8 Å². The summed E-state index contributed by atoms with van der Waals surface area (Å²) in [5, 5.41) is 0. The van der Waals surface area contributed by atoms with Crippen molar-refractivity contribution in [3.8, 4) is 0 Å². The Balaban J connectivity index is 0.00000256. The largest absolute Gasteiger partial charge is 1.00 e. The van der Waals surface area contributed by atoms with Crippen molar-refractivity contribution in [2.24, 2.45) is 13.0 Å². The minimum Gasteiger partial charge on any atom is -1.00 e. The molecule has 1 unspecified atom stereocenters. The van der Waals surface area contributed by atoms with Crippen LogP contribution in [-0.2, 0) is 7.05 Å². The molecule has 1 atom stereocenters. The maximum atomic E-state index is 12.1. The van der Waals surface area contributed by atoms with E-state index in [1.54, 1.807) is 22.0 Å². The average Bonchev–Trinajstić information content (AvgIpc) is 2.61. The molecule has 0 aliphatic heterocycles. The Bertz CT molecular complexity index is 362. The SMILES string of the molecule is CC(C)CC(C)N(C)C(=O)n1cc[n+](C)c1.[I-]. The van der Waals surface area contributed by atoms with Gasteiger partial charge >= 0.3 is 6.03 Å². The van der Waals surface area contributed by atoms with Crippen molar-refractivity contribution >= 4 is 6.03 Å². The van der Waals surface area contributed by atoms with Crippen LogP contribution in [0.2, 0.25) is 0 Å². The first kappa shape index (κ1) is 16.4. The zero-order chi connectivity index (χ0) is 12.3. The molecule has 0 aromatic carbocycles. The number of aryl methyl sites for hydroxylation is 1. The van der Waals surface area contributed by atoms with Crippen LogP contribution in [-0.4, -0.2) is 28.6 Å². The van der Waals surface area contributed by atoms with Gasteiger partial charge in [0.15, 0.2) is 0 Å². The summed E-state index contributed by atoms with van der Waals surface area (Å²) in [6.45, 7) is 6.43. The van der Waals surface area contributed by atoms with Crippen LogP contribution in [0.15, 0.2) is 18.7 Å². The minimum atomic E-state index is 0. The predicted octanol–water partition coefficient (Wildman–Crippen LogP) is -1.35. The number of amides is 1. The molecule has 0 N–H and O–H groups in total. The van der Waals surface area contributed by atoms with Gasteiger partial charge in [-0.15, -0.1) is 0 Å². The van der Waals surface area contributed by atoms with E-state index in [0.29, 0.717) is 5.92 Å². The Morgan fingerprint density at radius 1 is 1.41 bits per heavy atom. The summed E-state index contributed by atoms with van der Waals surface area (Å²) in [5.74, 6) is 0.603. The molecule has 1 heterocycles. The van der Waals surface area contributed by atoms with Crippen LogP contribution < -0.4 is 28.5 Å². The molecule has 1 aromatic heterocycles. The maximum Gasteiger partial charge on any atom is 0.415 e. The summed E-state index contributed by atoms with van der Waals surface area (Å²) in [5.41, 5.74) is 0. The summed E-state index contributed by atoms with van der Waals surface area (Å²) in [6.07, 6.45) is 6.44. The molecule has 0 aliphatic rings. The van der Waals surface area contributed by atoms with Crippen LogP contribution in [0.3, 0.4) is 0 Å². The standard InChI is InChI=1S/C12H22N3O.HI/c1-10(2)8-11(3)14(5)12(16)15-7-6-13(4)9-15;/h6-7,9-11H,8H2,1-5H3;1H/q+1;/p-1. The number of hydrogen-bond donors (Lipinski definition) is 0. The van der Waals surface area contributed by atoms with Crippen molar-refractivity contribution in [1.82, 2.24) is 9.47 Å². The summed E-state index contributed by atoms with van der Waals surface area (Å²) < 4.78 is 3.47. The number of imidazole rings is 1. The monoisotopic (exact) mass is 351 g/mol. The molecule has 0 spiro atoms. The molecule has 1 amide bonds. The van der Waals surface area contributed by atoms with E-state index >= 15 is 0 Å². The highest BCUT2D eigenvalue weighted by molar-refractivity contribution is 5.76. The van der Waals surface area contributed by atoms with Crippen LogP contribution in [0.4, 0.5) is 4.79 Å². The van der Waals surface area contributed by atoms with Gasteiger partial charge in [-0.2, -0.15) is 4.57 Å². The second-order valence-electron chi connectivity index (χ2n) is 4.86. The highest BCUT2D eigenvalue weighted by Crippen LogP contribution is 2.10. The zero-order valence-electron chi connectivity index (χ0n) is 11.2. The van der Waals surface area contributed by atoms with Crippen LogP contribution in [0.25, 0.3) is 0 Å². The predicted molar refractivity (Wildman–Crippen MR) is 63.1 cm³/mol. The lowest BCUT2D eigenvalue weighted by molar-refractivity contribution is -0.670. The Kier molecular flexibility index (Phi) is 6.74. The molecule has 17 heavy (non-hydrogen) atoms. The second-order valence-corrected chi connectivity index (χ2v) is 4.86. The first-order valence-corrected chi connectivity index (χ1v) is 5.72. The molecule has 1 aromatic rings. The molecular formula is C12H22IN3O. The van der Waals surface area contributed by atoms with Gasteiger partial charge in [-0.3, -0.25) is 0 Å². The van der Waals surface area contributed by atoms with Crippen LogP contribution in [0.1, 0.15) is 27.2 Å². The molecule has 0 fully saturated rings. The highest BCUT2D eigenvalue weighted by Gasteiger charge is 2.22. The summed E-state index contributed by atoms with van der Waals surface area (Å²) in [4.78, 5) is 13.8. The first-order valence-electron chi connectivity index (χ1n) is 5.72. The van der Waals surface area contributed by atoms with Crippen LogP contribution in [0, 0.1) is 5.92 Å². The number of rotatable bonds is 3. The number of carbonyl (C=O) groups is 1. The molecule has 98 valence electrons. The molecule has 0 radical (unpaired) electrons. The van der Waals surface area contributed by atoms with Crippen LogP contribution >= 0.6 is 0 Å². The Hall–Kier alpha value is -0.590. The number of halogens is 1. The van der Waals surface area contributed by atoms with Crippen molar-refractivity contribution in [3.05, 3.63) is 18.7 Å². The third-order valence-electron chi connectivity index (χ3n) is 2.77. The van der Waals surface area contributed by atoms with E-state index < -0.39 is 0 Å². The number of nitrogens with zero attached hydrogens (tertiary/aromatic N) is 3. The van der Waals surface area contributed by atoms with Gasteiger partial charge in [0.1, 0.15) is 12.4 Å². The molecule has 0 aliphatic carbocycles. The fraction of sp³-hybridized carbons (Fsp3) is 0.667. The van der Waals surface area contributed by atoms with Crippen LogP contribution in [0.5, 0.6) is 0 Å². The Morgan fingerprint density at radius 3 is 2.41 bits per heavy atom. The van der Waals surface area contributed by atoms with Crippen molar-refractivity contribution in [1.29, 1.82) is 0 Å². The minimum absolute atomic E-state index is 0. The van der Waals surface area contributed by atoms with E-state index in [2.05, 4.69) is 20.8 Å². The third-order valence-corrected chi connectivity index (χ3v) is 2.77. The van der Waals surface area contributed by atoms with E-state index in [1.807, 2.05) is 24.9 Å². The van der Waals surface area contributed by atoms with Crippen molar-refractivity contribution in [3.63, 3.8) is 0 Å². The highest BCUT2D eigenvalue weighted by atomic mass is 127. The number of hydrogen-bond acceptors (Lipinski definition) is 1. The van der Waals surface area contributed by atoms with Gasteiger partial charge in [-0.25, -0.2) is 9.36 Å². The molecule has 0 saturated carbocycles. The lowest BCUT2D eigenvalue weighted by Crippen LogP contribution is -3.00. The van der Waals surface area contributed by atoms with E-state index in [0.717, 1.165) is 6.42 Å². The summed E-state index contributed by atoms with van der Waals surface area (Å²) in [6, 6.07) is 0.286. The van der Waals surface area contributed by atoms with E-state index in [1.165, 1.54) is 0 Å². The lowest BCUT2D eigenvalue weighted by Gasteiger charge is -2.23. The first-order chi connectivity index (χ1) is 7.41. The molecule has 0 saturated heterocycles. The van der Waals surface area contributed by atoms with Crippen molar-refractivity contribution in [2.75, 3.05) is 7.05 Å². The molecule has 4 nitrogen and oxygen atoms in total. The third kappa shape index (κ3) is 4.65. The van der Waals surface area contributed by atoms with Gasteiger partial charge in [0.2, 0.25) is 0 Å². The zero-order valence-corrected chi connectivity index (χ0v) is 13.4. The Labute approximate surface area is 121 Å². The molecule has 5 heteroatoms. The smallest absolute Gasteiger partial charge is 0.415 e. The fourth-order valence-electron chi connectivity index (χ4n) is 1.77. The molecular weight excluding hydrogens is 329 g/mol. The Morgan fingerprint density at radius 2 is 2.00 bits per heavy atom. The maximum absolute atomic E-state index is 12.1. The van der Waals surface area contributed by atoms with Gasteiger partial charge in [0, 0.05) is 13.1 Å². The lowest BCUT2D eigenvalue weighted by atomic mass is 10.0. The normalized spacial score (nSPS) is 12.1. The van der Waals surface area contributed by atoms with Gasteiger partial charge in [-0.05, 0) is 19.3 Å². The van der Waals surface area contributed by atoms with Gasteiger partial charge in [0.05, 0.1) is 7.05 Å². The van der Waals surface area contributed by atoms with Gasteiger partial charge in [0.25, 0.3) is 6.33 Å². The van der Waals surface area contributed by atoms with Gasteiger partial charge < -0.3 is 28.9 Å². The average molecular weight is 351 g/mol. The second kappa shape index (κ2) is 6.98. The summed E-state index contributed by atoms with van der Waals surface area (Å²) >= 11 is 0. The number of aromatic nitrogens is 2. The van der Waals surface area contributed by atoms with E-state index in [-0.39, 0.29) is 36.0 Å². The summed E-state index contributed by atoms with van der Waals surface area (Å²) in [7, 11) is 3.76. The molecule has 1 rings (SSSR count). The number of carbonyl (C=O) groups excluding carboxylic acids is 1. The van der Waals surface area contributed by atoms with Crippen molar-refractivity contribution in [2.45, 2.75) is 33.2 Å². The molecule has 0 bridgehead atoms.